The lowest BCUT2D eigenvalue weighted by molar-refractivity contribution is -0.136. The van der Waals surface area contributed by atoms with Gasteiger partial charge in [0.2, 0.25) is 0 Å². The Labute approximate surface area is 211 Å². The lowest BCUT2D eigenvalue weighted by Crippen LogP contribution is -2.26. The molecular weight excluding hydrogens is 470 g/mol. The fourth-order valence-corrected chi connectivity index (χ4v) is 4.22. The molecule has 0 unspecified atom stereocenters. The molecule has 2 N–H and O–H groups in total. The number of anilines is 1. The van der Waals surface area contributed by atoms with E-state index in [0.29, 0.717) is 38.4 Å². The molecule has 0 atom stereocenters. The summed E-state index contributed by atoms with van der Waals surface area (Å²) < 4.78 is 16.5. The van der Waals surface area contributed by atoms with Crippen molar-refractivity contribution in [1.29, 1.82) is 0 Å². The number of ether oxygens (including phenoxy) is 3. The van der Waals surface area contributed by atoms with Crippen LogP contribution in [0.5, 0.6) is 5.75 Å². The van der Waals surface area contributed by atoms with Crippen molar-refractivity contribution in [2.45, 2.75) is 59.6 Å². The lowest BCUT2D eigenvalue weighted by atomic mass is 10.0. The molecule has 1 aromatic heterocycles. The zero-order chi connectivity index (χ0) is 25.8. The summed E-state index contributed by atoms with van der Waals surface area (Å²) >= 11 is 1.66. The van der Waals surface area contributed by atoms with Crippen LogP contribution >= 0.6 is 11.3 Å². The number of benzene rings is 1. The fourth-order valence-electron chi connectivity index (χ4n) is 3.28. The van der Waals surface area contributed by atoms with Gasteiger partial charge in [-0.3, -0.25) is 4.79 Å². The Hall–Kier alpha value is -2.85. The molecule has 194 valence electrons. The Bertz CT molecular complexity index is 963. The second-order valence-corrected chi connectivity index (χ2v) is 9.53. The standard InChI is InChI=1S/C25H37N3O6S/c1-6-32-14-12-28(5)24-27-22(18(4)35-24)11-13-33-21-9-7-19(8-10-23(29)30)20(15-21)16-26-25(31)34-17(2)3/h7,9,15,17H,6,8,10-14,16H2,1-5H3,(H,26,31)(H,29,30). The van der Waals surface area contributed by atoms with Crippen LogP contribution in [-0.4, -0.2) is 61.7 Å². The highest BCUT2D eigenvalue weighted by atomic mass is 32.1. The zero-order valence-electron chi connectivity index (χ0n) is 21.3. The summed E-state index contributed by atoms with van der Waals surface area (Å²) in [5, 5.41) is 12.7. The fraction of sp³-hybridized carbons (Fsp3) is 0.560. The monoisotopic (exact) mass is 507 g/mol. The summed E-state index contributed by atoms with van der Waals surface area (Å²) in [4.78, 5) is 30.9. The molecule has 1 aromatic carbocycles. The lowest BCUT2D eigenvalue weighted by Gasteiger charge is -2.15. The van der Waals surface area contributed by atoms with Crippen LogP contribution in [0.2, 0.25) is 0 Å². The number of carboxylic acid groups (broad SMARTS) is 1. The Balaban J connectivity index is 1.99. The van der Waals surface area contributed by atoms with E-state index >= 15 is 0 Å². The second kappa shape index (κ2) is 14.5. The molecule has 0 bridgehead atoms. The summed E-state index contributed by atoms with van der Waals surface area (Å²) in [5.41, 5.74) is 2.65. The topological polar surface area (TPSA) is 110 Å². The van der Waals surface area contributed by atoms with Crippen LogP contribution < -0.4 is 15.0 Å². The SMILES string of the molecule is CCOCCN(C)c1nc(CCOc2ccc(CCC(=O)O)c(CNC(=O)OC(C)C)c2)c(C)s1. The van der Waals surface area contributed by atoms with E-state index in [1.165, 1.54) is 0 Å². The van der Waals surface area contributed by atoms with Gasteiger partial charge in [0.1, 0.15) is 5.75 Å². The molecule has 0 saturated carbocycles. The van der Waals surface area contributed by atoms with Crippen molar-refractivity contribution in [3.05, 3.63) is 39.9 Å². The van der Waals surface area contributed by atoms with E-state index in [1.54, 1.807) is 25.2 Å². The van der Waals surface area contributed by atoms with Crippen molar-refractivity contribution < 1.29 is 28.9 Å². The Kier molecular flexibility index (Phi) is 11.8. The zero-order valence-corrected chi connectivity index (χ0v) is 22.1. The van der Waals surface area contributed by atoms with Crippen molar-refractivity contribution in [1.82, 2.24) is 10.3 Å². The van der Waals surface area contributed by atoms with Crippen LogP contribution in [0.1, 0.15) is 48.9 Å². The first-order valence-electron chi connectivity index (χ1n) is 11.9. The highest BCUT2D eigenvalue weighted by Gasteiger charge is 2.13. The maximum Gasteiger partial charge on any atom is 0.407 e. The minimum Gasteiger partial charge on any atom is -0.493 e. The van der Waals surface area contributed by atoms with E-state index in [2.05, 4.69) is 17.1 Å². The quantitative estimate of drug-likeness (QED) is 0.345. The number of aryl methyl sites for hydroxylation is 2. The predicted molar refractivity (Wildman–Crippen MR) is 137 cm³/mol. The summed E-state index contributed by atoms with van der Waals surface area (Å²) in [6, 6.07) is 5.52. The van der Waals surface area contributed by atoms with E-state index < -0.39 is 12.1 Å². The Morgan fingerprint density at radius 3 is 2.66 bits per heavy atom. The van der Waals surface area contributed by atoms with Crippen LogP contribution in [0.25, 0.3) is 0 Å². The molecule has 1 heterocycles. The molecule has 0 spiro atoms. The normalized spacial score (nSPS) is 10.9. The van der Waals surface area contributed by atoms with Gasteiger partial charge in [-0.1, -0.05) is 6.07 Å². The number of alkyl carbamates (subject to hydrolysis) is 1. The van der Waals surface area contributed by atoms with Gasteiger partial charge in [-0.25, -0.2) is 9.78 Å². The maximum absolute atomic E-state index is 11.9. The van der Waals surface area contributed by atoms with Crippen molar-refractivity contribution in [3.8, 4) is 5.75 Å². The van der Waals surface area contributed by atoms with Gasteiger partial charge >= 0.3 is 12.1 Å². The third-order valence-electron chi connectivity index (χ3n) is 5.14. The number of amides is 1. The number of likely N-dealkylation sites (N-methyl/N-ethyl adjacent to an activating group) is 1. The number of carbonyl (C=O) groups is 2. The van der Waals surface area contributed by atoms with Crippen molar-refractivity contribution in [2.75, 3.05) is 38.3 Å². The van der Waals surface area contributed by atoms with E-state index in [9.17, 15) is 9.59 Å². The van der Waals surface area contributed by atoms with E-state index in [0.717, 1.165) is 33.4 Å². The number of hydrogen-bond donors (Lipinski definition) is 2. The number of rotatable bonds is 15. The van der Waals surface area contributed by atoms with Gasteiger partial charge in [0.25, 0.3) is 0 Å². The summed E-state index contributed by atoms with van der Waals surface area (Å²) in [6.45, 7) is 10.4. The molecule has 0 aliphatic rings. The van der Waals surface area contributed by atoms with Gasteiger partial charge in [0, 0.05) is 44.5 Å². The average molecular weight is 508 g/mol. The maximum atomic E-state index is 11.9. The first-order valence-corrected chi connectivity index (χ1v) is 12.7. The largest absolute Gasteiger partial charge is 0.493 e. The molecule has 0 radical (unpaired) electrons. The highest BCUT2D eigenvalue weighted by Crippen LogP contribution is 2.26. The van der Waals surface area contributed by atoms with E-state index in [4.69, 9.17) is 24.3 Å². The van der Waals surface area contributed by atoms with Crippen molar-refractivity contribution in [3.63, 3.8) is 0 Å². The number of nitrogens with zero attached hydrogens (tertiary/aromatic N) is 2. The van der Waals surface area contributed by atoms with Crippen LogP contribution in [0.3, 0.4) is 0 Å². The number of hydrogen-bond acceptors (Lipinski definition) is 8. The van der Waals surface area contributed by atoms with Crippen LogP contribution in [-0.2, 0) is 33.7 Å². The minimum atomic E-state index is -0.870. The van der Waals surface area contributed by atoms with Gasteiger partial charge in [-0.2, -0.15) is 0 Å². The number of thiazole rings is 1. The van der Waals surface area contributed by atoms with Gasteiger partial charge in [0.05, 0.1) is 25.0 Å². The molecule has 1 amide bonds. The predicted octanol–water partition coefficient (Wildman–Crippen LogP) is 4.20. The van der Waals surface area contributed by atoms with Gasteiger partial charge in [-0.05, 0) is 57.4 Å². The van der Waals surface area contributed by atoms with E-state index in [1.807, 2.05) is 32.2 Å². The number of aliphatic carboxylic acids is 1. The van der Waals surface area contributed by atoms with E-state index in [-0.39, 0.29) is 19.1 Å². The van der Waals surface area contributed by atoms with Crippen molar-refractivity contribution >= 4 is 28.5 Å². The van der Waals surface area contributed by atoms with Crippen LogP contribution in [0.4, 0.5) is 9.93 Å². The van der Waals surface area contributed by atoms with Crippen LogP contribution in [0, 0.1) is 6.92 Å². The molecule has 35 heavy (non-hydrogen) atoms. The molecule has 9 nitrogen and oxygen atoms in total. The van der Waals surface area contributed by atoms with Crippen molar-refractivity contribution in [2.24, 2.45) is 0 Å². The first kappa shape index (κ1) is 28.4. The molecule has 0 fully saturated rings. The summed E-state index contributed by atoms with van der Waals surface area (Å²) in [7, 11) is 2.01. The minimum absolute atomic E-state index is 0.00803. The number of aromatic nitrogens is 1. The molecule has 10 heteroatoms. The molecule has 0 aliphatic carbocycles. The summed E-state index contributed by atoms with van der Waals surface area (Å²) in [5.74, 6) is -0.218. The molecule has 2 aromatic rings. The van der Waals surface area contributed by atoms with Crippen LogP contribution in [0.15, 0.2) is 18.2 Å². The first-order chi connectivity index (χ1) is 16.7. The highest BCUT2D eigenvalue weighted by molar-refractivity contribution is 7.15. The van der Waals surface area contributed by atoms with Gasteiger partial charge in [0.15, 0.2) is 5.13 Å². The average Bonchev–Trinajstić information content (AvgIpc) is 3.17. The molecule has 0 saturated heterocycles. The number of carbonyl (C=O) groups excluding carboxylic acids is 1. The smallest absolute Gasteiger partial charge is 0.407 e. The van der Waals surface area contributed by atoms with Gasteiger partial charge < -0.3 is 29.5 Å². The Morgan fingerprint density at radius 2 is 1.97 bits per heavy atom. The number of nitrogens with one attached hydrogen (secondary N) is 1. The molecular formula is C25H37N3O6S. The third kappa shape index (κ3) is 10.1. The Morgan fingerprint density at radius 1 is 1.20 bits per heavy atom. The molecule has 2 rings (SSSR count). The third-order valence-corrected chi connectivity index (χ3v) is 6.27. The molecule has 0 aliphatic heterocycles. The summed E-state index contributed by atoms with van der Waals surface area (Å²) in [6.07, 6.45) is 0.292. The second-order valence-electron chi connectivity index (χ2n) is 8.35. The number of carboxylic acids is 1. The van der Waals surface area contributed by atoms with Gasteiger partial charge in [-0.15, -0.1) is 11.3 Å².